The minimum Gasteiger partial charge on any atom is -0.306 e. The lowest BCUT2D eigenvalue weighted by Crippen LogP contribution is -2.47. The smallest absolute Gasteiger partial charge is 0.306 e. The lowest BCUT2D eigenvalue weighted by Gasteiger charge is -2.42. The highest BCUT2D eigenvalue weighted by Gasteiger charge is 2.29. The van der Waals surface area contributed by atoms with E-state index < -0.39 is 0 Å². The molecular weight excluding hydrogens is 384 g/mol. The van der Waals surface area contributed by atoms with Gasteiger partial charge in [-0.1, -0.05) is 37.3 Å². The highest BCUT2D eigenvalue weighted by Crippen LogP contribution is 2.31. The van der Waals surface area contributed by atoms with Crippen molar-refractivity contribution in [2.24, 2.45) is 0 Å². The number of fused-ring (bicyclic) bond motifs is 1. The predicted octanol–water partition coefficient (Wildman–Crippen LogP) is 4.26. The fourth-order valence-corrected chi connectivity index (χ4v) is 5.64. The van der Waals surface area contributed by atoms with Gasteiger partial charge in [-0.15, -0.1) is 0 Å². The molecule has 5 heteroatoms. The fourth-order valence-electron chi connectivity index (χ4n) is 5.64. The normalized spacial score (nSPS) is 19.9. The van der Waals surface area contributed by atoms with Gasteiger partial charge in [-0.3, -0.25) is 4.90 Å². The number of hydrogen-bond donors (Lipinski definition) is 2. The molecule has 164 valence electrons. The molecule has 2 fully saturated rings. The molecule has 1 aromatic heterocycles. The molecule has 2 aliphatic heterocycles. The first-order valence-corrected chi connectivity index (χ1v) is 11.9. The Morgan fingerprint density at radius 1 is 0.871 bits per heavy atom. The van der Waals surface area contributed by atoms with Crippen molar-refractivity contribution >= 4 is 11.0 Å². The van der Waals surface area contributed by atoms with E-state index in [1.165, 1.54) is 68.6 Å². The highest BCUT2D eigenvalue weighted by atomic mass is 16.1. The van der Waals surface area contributed by atoms with Crippen molar-refractivity contribution in [3.05, 3.63) is 69.6 Å². The quantitative estimate of drug-likeness (QED) is 0.651. The fraction of sp³-hybridized carbons (Fsp3) is 0.500. The lowest BCUT2D eigenvalue weighted by molar-refractivity contribution is 0.0845. The molecule has 3 aromatic rings. The molecule has 0 bridgehead atoms. The largest absolute Gasteiger partial charge is 0.323 e. The topological polar surface area (TPSA) is 55.1 Å². The third kappa shape index (κ3) is 4.48. The van der Waals surface area contributed by atoms with Gasteiger partial charge in [-0.25, -0.2) is 4.79 Å². The molecule has 0 spiro atoms. The van der Waals surface area contributed by atoms with Crippen LogP contribution in [0.3, 0.4) is 0 Å². The molecule has 31 heavy (non-hydrogen) atoms. The van der Waals surface area contributed by atoms with Crippen LogP contribution in [0.25, 0.3) is 11.0 Å². The zero-order valence-electron chi connectivity index (χ0n) is 18.6. The number of benzene rings is 2. The maximum atomic E-state index is 11.5. The van der Waals surface area contributed by atoms with Gasteiger partial charge in [0.25, 0.3) is 0 Å². The van der Waals surface area contributed by atoms with Crippen LogP contribution in [0.2, 0.25) is 0 Å². The van der Waals surface area contributed by atoms with Gasteiger partial charge in [0.15, 0.2) is 0 Å². The van der Waals surface area contributed by atoms with Gasteiger partial charge in [0.1, 0.15) is 0 Å². The molecule has 2 N–H and O–H groups in total. The predicted molar refractivity (Wildman–Crippen MR) is 127 cm³/mol. The first-order chi connectivity index (χ1) is 15.2. The molecule has 2 aliphatic rings. The Balaban J connectivity index is 1.13. The summed E-state index contributed by atoms with van der Waals surface area (Å²) in [5.74, 6) is 0.602. The summed E-state index contributed by atoms with van der Waals surface area (Å²) in [7, 11) is 0. The number of nitrogens with one attached hydrogen (secondary N) is 2. The number of aryl methyl sites for hydroxylation is 1. The summed E-state index contributed by atoms with van der Waals surface area (Å²) in [5.41, 5.74) is 6.08. The summed E-state index contributed by atoms with van der Waals surface area (Å²) in [6.07, 6.45) is 6.12. The third-order valence-electron chi connectivity index (χ3n) is 7.51. The van der Waals surface area contributed by atoms with E-state index in [0.29, 0.717) is 5.92 Å². The highest BCUT2D eigenvalue weighted by molar-refractivity contribution is 5.75. The molecule has 2 saturated heterocycles. The van der Waals surface area contributed by atoms with Crippen LogP contribution in [0.4, 0.5) is 0 Å². The van der Waals surface area contributed by atoms with Gasteiger partial charge in [-0.2, -0.15) is 0 Å². The number of nitrogens with zero attached hydrogens (tertiary/aromatic N) is 2. The van der Waals surface area contributed by atoms with Gasteiger partial charge in [-0.05, 0) is 93.0 Å². The Morgan fingerprint density at radius 3 is 2.32 bits per heavy atom. The summed E-state index contributed by atoms with van der Waals surface area (Å²) in [5, 5.41) is 0. The molecule has 0 saturated carbocycles. The van der Waals surface area contributed by atoms with Crippen LogP contribution in [-0.4, -0.2) is 52.0 Å². The van der Waals surface area contributed by atoms with E-state index in [1.807, 2.05) is 6.07 Å². The molecule has 5 nitrogen and oxygen atoms in total. The van der Waals surface area contributed by atoms with E-state index in [9.17, 15) is 4.79 Å². The van der Waals surface area contributed by atoms with Gasteiger partial charge < -0.3 is 14.9 Å². The van der Waals surface area contributed by atoms with E-state index >= 15 is 0 Å². The molecule has 3 heterocycles. The van der Waals surface area contributed by atoms with Crippen molar-refractivity contribution in [3.63, 3.8) is 0 Å². The van der Waals surface area contributed by atoms with E-state index in [4.69, 9.17) is 0 Å². The lowest BCUT2D eigenvalue weighted by atomic mass is 9.88. The van der Waals surface area contributed by atoms with Crippen LogP contribution in [-0.2, 0) is 13.0 Å². The Labute approximate surface area is 184 Å². The first kappa shape index (κ1) is 20.5. The molecule has 0 amide bonds. The zero-order valence-corrected chi connectivity index (χ0v) is 18.6. The number of rotatable bonds is 5. The second-order valence-electron chi connectivity index (χ2n) is 9.32. The van der Waals surface area contributed by atoms with Crippen molar-refractivity contribution in [2.75, 3.05) is 26.2 Å². The summed E-state index contributed by atoms with van der Waals surface area (Å²) in [6.45, 7) is 8.15. The van der Waals surface area contributed by atoms with Crippen molar-refractivity contribution in [2.45, 2.75) is 57.5 Å². The number of piperidine rings is 2. The zero-order chi connectivity index (χ0) is 21.2. The van der Waals surface area contributed by atoms with E-state index in [0.717, 1.165) is 30.0 Å². The average molecular weight is 419 g/mol. The molecule has 5 rings (SSSR count). The Morgan fingerprint density at radius 2 is 1.58 bits per heavy atom. The monoisotopic (exact) mass is 418 g/mol. The number of aromatic nitrogens is 2. The van der Waals surface area contributed by atoms with Gasteiger partial charge in [0, 0.05) is 12.6 Å². The van der Waals surface area contributed by atoms with E-state index in [-0.39, 0.29) is 5.69 Å². The maximum Gasteiger partial charge on any atom is 0.323 e. The van der Waals surface area contributed by atoms with Crippen molar-refractivity contribution in [3.8, 4) is 0 Å². The van der Waals surface area contributed by atoms with Gasteiger partial charge in [0.05, 0.1) is 11.0 Å². The van der Waals surface area contributed by atoms with E-state index in [1.54, 1.807) is 0 Å². The van der Waals surface area contributed by atoms with Crippen LogP contribution >= 0.6 is 0 Å². The third-order valence-corrected chi connectivity index (χ3v) is 7.51. The Kier molecular flexibility index (Phi) is 5.97. The minimum absolute atomic E-state index is 0.119. The standard InChI is InChI=1S/C26H34N4O/c1-2-19-5-3-4-6-22(19)18-29-13-11-23(12-14-29)30-15-9-20(10-16-30)21-7-8-24-25(17-21)28-26(31)27-24/h3-8,17,20,23H,2,9-16,18H2,1H3,(H2,27,28,31). The second-order valence-corrected chi connectivity index (χ2v) is 9.32. The number of hydrogen-bond acceptors (Lipinski definition) is 3. The Bertz CT molecular complexity index is 1070. The van der Waals surface area contributed by atoms with Crippen LogP contribution < -0.4 is 5.69 Å². The Hall–Kier alpha value is -2.37. The van der Waals surface area contributed by atoms with Crippen molar-refractivity contribution in [1.82, 2.24) is 19.8 Å². The minimum atomic E-state index is -0.119. The number of imidazole rings is 1. The van der Waals surface area contributed by atoms with Crippen LogP contribution in [0.5, 0.6) is 0 Å². The van der Waals surface area contributed by atoms with Gasteiger partial charge >= 0.3 is 5.69 Å². The molecular formula is C26H34N4O. The van der Waals surface area contributed by atoms with E-state index in [2.05, 4.69) is 63.1 Å². The van der Waals surface area contributed by atoms with Crippen molar-refractivity contribution in [1.29, 1.82) is 0 Å². The van der Waals surface area contributed by atoms with Crippen LogP contribution in [0.15, 0.2) is 47.3 Å². The number of aromatic amines is 2. The summed E-state index contributed by atoms with van der Waals surface area (Å²) in [6, 6.07) is 16.1. The summed E-state index contributed by atoms with van der Waals surface area (Å²) < 4.78 is 0. The molecule has 0 unspecified atom stereocenters. The maximum absolute atomic E-state index is 11.5. The molecule has 2 aromatic carbocycles. The second kappa shape index (κ2) is 9.01. The summed E-state index contributed by atoms with van der Waals surface area (Å²) >= 11 is 0. The number of H-pyrrole nitrogens is 2. The average Bonchev–Trinajstić information content (AvgIpc) is 3.19. The molecule has 0 radical (unpaired) electrons. The summed E-state index contributed by atoms with van der Waals surface area (Å²) in [4.78, 5) is 22.7. The number of likely N-dealkylation sites (tertiary alicyclic amines) is 2. The SMILES string of the molecule is CCc1ccccc1CN1CCC(N2CCC(c3ccc4[nH]c(=O)[nH]c4c3)CC2)CC1. The molecule has 0 atom stereocenters. The van der Waals surface area contributed by atoms with Crippen LogP contribution in [0, 0.1) is 0 Å². The first-order valence-electron chi connectivity index (χ1n) is 11.9. The van der Waals surface area contributed by atoms with Gasteiger partial charge in [0.2, 0.25) is 0 Å². The van der Waals surface area contributed by atoms with Crippen molar-refractivity contribution < 1.29 is 0 Å². The van der Waals surface area contributed by atoms with Crippen LogP contribution in [0.1, 0.15) is 55.2 Å². The molecule has 0 aliphatic carbocycles.